The first-order chi connectivity index (χ1) is 9.49. The minimum atomic E-state index is -0.864. The van der Waals surface area contributed by atoms with E-state index in [-0.39, 0.29) is 12.4 Å². The Bertz CT molecular complexity index is 728. The average Bonchev–Trinajstić information content (AvgIpc) is 2.66. The predicted molar refractivity (Wildman–Crippen MR) is 71.9 cm³/mol. The monoisotopic (exact) mass is 274 g/mol. The summed E-state index contributed by atoms with van der Waals surface area (Å²) in [6.07, 6.45) is -0.864. The summed E-state index contributed by atoms with van der Waals surface area (Å²) in [5, 5.41) is 13.7. The number of nitriles is 1. The van der Waals surface area contributed by atoms with Gasteiger partial charge >= 0.3 is 6.16 Å². The number of hydrogen-bond donors (Lipinski definition) is 1. The summed E-state index contributed by atoms with van der Waals surface area (Å²) in [5.41, 5.74) is 8.35. The number of nitrogens with two attached hydrogens (primary N) is 1. The van der Waals surface area contributed by atoms with Crippen molar-refractivity contribution >= 4 is 22.9 Å². The highest BCUT2D eigenvalue weighted by Gasteiger charge is 2.18. The Morgan fingerprint density at radius 3 is 2.85 bits per heavy atom. The van der Waals surface area contributed by atoms with Crippen LogP contribution in [0.1, 0.15) is 23.6 Å². The van der Waals surface area contributed by atoms with E-state index in [1.165, 1.54) is 0 Å². The topological polar surface area (TPSA) is 103 Å². The number of anilines is 1. The second-order valence-corrected chi connectivity index (χ2v) is 4.23. The van der Waals surface area contributed by atoms with Crippen LogP contribution in [0, 0.1) is 25.2 Å². The zero-order valence-electron chi connectivity index (χ0n) is 11.4. The third-order valence-electron chi connectivity index (χ3n) is 2.95. The molecule has 0 saturated carbocycles. The number of ether oxygens (including phenoxy) is 1. The van der Waals surface area contributed by atoms with Crippen LogP contribution in [0.3, 0.4) is 0 Å². The first-order valence-corrected chi connectivity index (χ1v) is 6.03. The molecule has 7 nitrogen and oxygen atoms in total. The van der Waals surface area contributed by atoms with Crippen molar-refractivity contribution in [2.45, 2.75) is 20.8 Å². The zero-order valence-corrected chi connectivity index (χ0v) is 11.4. The quantitative estimate of drug-likeness (QED) is 0.836. The van der Waals surface area contributed by atoms with Gasteiger partial charge in [-0.1, -0.05) is 4.85 Å². The van der Waals surface area contributed by atoms with E-state index in [9.17, 15) is 4.79 Å². The fourth-order valence-electron chi connectivity index (χ4n) is 2.09. The molecule has 1 aromatic carbocycles. The highest BCUT2D eigenvalue weighted by molar-refractivity contribution is 5.94. The summed E-state index contributed by atoms with van der Waals surface area (Å²) in [6.45, 7) is 5.44. The molecule has 0 aliphatic heterocycles. The molecule has 1 aromatic heterocycles. The van der Waals surface area contributed by atoms with Crippen molar-refractivity contribution in [2.75, 3.05) is 12.3 Å². The van der Waals surface area contributed by atoms with Crippen molar-refractivity contribution < 1.29 is 14.4 Å². The van der Waals surface area contributed by atoms with E-state index in [0.717, 1.165) is 10.4 Å². The van der Waals surface area contributed by atoms with Crippen molar-refractivity contribution in [3.05, 3.63) is 22.8 Å². The van der Waals surface area contributed by atoms with Crippen LogP contribution in [0.4, 0.5) is 10.6 Å². The van der Waals surface area contributed by atoms with Gasteiger partial charge < -0.3 is 10.5 Å². The Labute approximate surface area is 115 Å². The highest BCUT2D eigenvalue weighted by atomic mass is 16.8. The van der Waals surface area contributed by atoms with Gasteiger partial charge in [-0.05, 0) is 38.0 Å². The number of benzene rings is 1. The predicted octanol–water partition coefficient (Wildman–Crippen LogP) is 1.69. The van der Waals surface area contributed by atoms with E-state index in [1.807, 2.05) is 0 Å². The van der Waals surface area contributed by atoms with Gasteiger partial charge in [0.2, 0.25) is 0 Å². The normalized spacial score (nSPS) is 10.3. The molecular weight excluding hydrogens is 260 g/mol. The van der Waals surface area contributed by atoms with Gasteiger partial charge in [0.25, 0.3) is 0 Å². The number of hydrogen-bond acceptors (Lipinski definition) is 6. The molecule has 0 amide bonds. The molecule has 0 aliphatic rings. The van der Waals surface area contributed by atoms with Gasteiger partial charge in [-0.15, -0.1) is 5.10 Å². The summed E-state index contributed by atoms with van der Waals surface area (Å²) in [7, 11) is 0. The SMILES string of the molecule is CCOC(=O)On1nc(N)c2c(C)c(C#N)c(C)cc21. The fraction of sp³-hybridized carbons (Fsp3) is 0.308. The number of nitrogen functional groups attached to an aromatic ring is 1. The van der Waals surface area contributed by atoms with Crippen LogP contribution in [0.15, 0.2) is 6.07 Å². The van der Waals surface area contributed by atoms with Gasteiger partial charge in [0.1, 0.15) is 5.52 Å². The van der Waals surface area contributed by atoms with Crippen LogP contribution in [0.5, 0.6) is 0 Å². The van der Waals surface area contributed by atoms with Crippen LogP contribution >= 0.6 is 0 Å². The molecule has 104 valence electrons. The summed E-state index contributed by atoms with van der Waals surface area (Å²) in [6, 6.07) is 3.83. The molecule has 0 radical (unpaired) electrons. The lowest BCUT2D eigenvalue weighted by Gasteiger charge is -2.06. The fourth-order valence-corrected chi connectivity index (χ4v) is 2.09. The Balaban J connectivity index is 2.60. The Morgan fingerprint density at radius 1 is 1.55 bits per heavy atom. The number of nitrogens with zero attached hydrogens (tertiary/aromatic N) is 3. The maximum absolute atomic E-state index is 11.4. The van der Waals surface area contributed by atoms with Crippen LogP contribution in [0.2, 0.25) is 0 Å². The molecule has 0 saturated heterocycles. The summed E-state index contributed by atoms with van der Waals surface area (Å²) < 4.78 is 4.69. The summed E-state index contributed by atoms with van der Waals surface area (Å²) in [5.74, 6) is 0.193. The van der Waals surface area contributed by atoms with Gasteiger partial charge in [0.05, 0.1) is 23.6 Å². The van der Waals surface area contributed by atoms with E-state index in [1.54, 1.807) is 26.8 Å². The number of carbonyl (C=O) groups excluding carboxylic acids is 1. The van der Waals surface area contributed by atoms with Crippen molar-refractivity contribution in [2.24, 2.45) is 0 Å². The largest absolute Gasteiger partial charge is 0.535 e. The third kappa shape index (κ3) is 2.12. The van der Waals surface area contributed by atoms with E-state index < -0.39 is 6.16 Å². The van der Waals surface area contributed by atoms with Crippen LogP contribution < -0.4 is 10.6 Å². The molecule has 7 heteroatoms. The number of fused-ring (bicyclic) bond motifs is 1. The lowest BCUT2D eigenvalue weighted by molar-refractivity contribution is 0.0448. The molecule has 0 spiro atoms. The van der Waals surface area contributed by atoms with E-state index >= 15 is 0 Å². The van der Waals surface area contributed by atoms with Gasteiger partial charge in [0.15, 0.2) is 5.82 Å². The Morgan fingerprint density at radius 2 is 2.25 bits per heavy atom. The summed E-state index contributed by atoms with van der Waals surface area (Å²) >= 11 is 0. The summed E-state index contributed by atoms with van der Waals surface area (Å²) in [4.78, 5) is 17.3. The van der Waals surface area contributed by atoms with Gasteiger partial charge in [-0.25, -0.2) is 4.79 Å². The van der Waals surface area contributed by atoms with Gasteiger partial charge in [-0.2, -0.15) is 5.26 Å². The van der Waals surface area contributed by atoms with Crippen molar-refractivity contribution in [3.63, 3.8) is 0 Å². The average molecular weight is 274 g/mol. The lowest BCUT2D eigenvalue weighted by atomic mass is 10.00. The first-order valence-electron chi connectivity index (χ1n) is 6.03. The van der Waals surface area contributed by atoms with Crippen LogP contribution in [-0.2, 0) is 4.74 Å². The maximum atomic E-state index is 11.4. The molecule has 1 heterocycles. The molecule has 0 fully saturated rings. The minimum Gasteiger partial charge on any atom is -0.433 e. The van der Waals surface area contributed by atoms with E-state index in [0.29, 0.717) is 22.0 Å². The zero-order chi connectivity index (χ0) is 14.9. The second-order valence-electron chi connectivity index (χ2n) is 4.23. The highest BCUT2D eigenvalue weighted by Crippen LogP contribution is 2.28. The molecular formula is C13H14N4O3. The smallest absolute Gasteiger partial charge is 0.433 e. The Hall–Kier alpha value is -2.75. The van der Waals surface area contributed by atoms with Crippen LogP contribution in [0.25, 0.3) is 10.9 Å². The number of rotatable bonds is 2. The standard InChI is InChI=1S/C13H14N4O3/c1-4-19-13(18)20-17-10-5-7(2)9(6-14)8(3)11(10)12(15)16-17/h5H,4H2,1-3H3,(H2,15,16). The number of aryl methyl sites for hydroxylation is 2. The molecule has 0 aliphatic carbocycles. The molecule has 2 rings (SSSR count). The van der Waals surface area contributed by atoms with Crippen molar-refractivity contribution in [3.8, 4) is 6.07 Å². The molecule has 0 bridgehead atoms. The molecule has 2 N–H and O–H groups in total. The molecule has 20 heavy (non-hydrogen) atoms. The third-order valence-corrected chi connectivity index (χ3v) is 2.95. The molecule has 0 unspecified atom stereocenters. The van der Waals surface area contributed by atoms with Gasteiger partial charge in [0, 0.05) is 0 Å². The van der Waals surface area contributed by atoms with Crippen molar-refractivity contribution in [1.29, 1.82) is 5.26 Å². The van der Waals surface area contributed by atoms with E-state index in [2.05, 4.69) is 11.2 Å². The van der Waals surface area contributed by atoms with Gasteiger partial charge in [-0.3, -0.25) is 4.84 Å². The van der Waals surface area contributed by atoms with E-state index in [4.69, 9.17) is 20.6 Å². The number of carbonyl (C=O) groups is 1. The van der Waals surface area contributed by atoms with Crippen LogP contribution in [-0.4, -0.2) is 22.7 Å². The second kappa shape index (κ2) is 5.09. The van der Waals surface area contributed by atoms with Crippen molar-refractivity contribution in [1.82, 2.24) is 9.94 Å². The first kappa shape index (κ1) is 13.7. The minimum absolute atomic E-state index is 0.193. The maximum Gasteiger partial charge on any atom is 0.535 e. The molecule has 2 aromatic rings. The lowest BCUT2D eigenvalue weighted by Crippen LogP contribution is -2.21. The Kier molecular flexibility index (Phi) is 3.48. The molecule has 0 atom stereocenters. The number of aromatic nitrogens is 2.